The molecule has 4 aromatic heterocycles. The van der Waals surface area contributed by atoms with Crippen molar-refractivity contribution in [3.05, 3.63) is 117 Å². The predicted molar refractivity (Wildman–Crippen MR) is 246 cm³/mol. The number of hydrogen-bond acceptors (Lipinski definition) is 16. The van der Waals surface area contributed by atoms with Crippen LogP contribution in [-0.2, 0) is 43.4 Å². The quantitative estimate of drug-likeness (QED) is 0.146. The second-order valence-electron chi connectivity index (χ2n) is 17.7. The van der Waals surface area contributed by atoms with Gasteiger partial charge in [0, 0.05) is 36.9 Å². The predicted octanol–water partition coefficient (Wildman–Crippen LogP) is 5.55. The van der Waals surface area contributed by atoms with Crippen LogP contribution < -0.4 is 11.5 Å². The first-order valence-corrected chi connectivity index (χ1v) is 24.9. The molecule has 0 saturated heterocycles. The first-order chi connectivity index (χ1) is 32.1. The van der Waals surface area contributed by atoms with Crippen molar-refractivity contribution in [2.75, 3.05) is 37.9 Å². The van der Waals surface area contributed by atoms with Gasteiger partial charge in [-0.25, -0.2) is 34.7 Å². The van der Waals surface area contributed by atoms with E-state index in [4.69, 9.17) is 22.0 Å². The Morgan fingerprint density at radius 1 is 0.691 bits per heavy atom. The monoisotopic (exact) mass is 972 g/mol. The maximum Gasteiger partial charge on any atom is 0.187 e. The minimum atomic E-state index is -3.04. The molecule has 4 N–H and O–H groups in total. The highest BCUT2D eigenvalue weighted by atomic mass is 32.2. The highest BCUT2D eigenvalue weighted by Crippen LogP contribution is 2.44. The second-order valence-corrected chi connectivity index (χ2v) is 23.2. The lowest BCUT2D eigenvalue weighted by Crippen LogP contribution is -2.59. The first-order valence-electron chi connectivity index (χ1n) is 21.5. The van der Waals surface area contributed by atoms with Gasteiger partial charge in [0.25, 0.3) is 0 Å². The third-order valence-electron chi connectivity index (χ3n) is 13.0. The summed E-state index contributed by atoms with van der Waals surface area (Å²) < 4.78 is 93.3. The van der Waals surface area contributed by atoms with Crippen LogP contribution in [0, 0.1) is 48.1 Å². The third kappa shape index (κ3) is 8.64. The summed E-state index contributed by atoms with van der Waals surface area (Å²) >= 11 is 0. The van der Waals surface area contributed by atoms with E-state index in [0.717, 1.165) is 12.1 Å². The van der Waals surface area contributed by atoms with Gasteiger partial charge in [-0.15, -0.1) is 0 Å². The van der Waals surface area contributed by atoms with Crippen molar-refractivity contribution in [1.29, 1.82) is 10.5 Å². The van der Waals surface area contributed by atoms with Gasteiger partial charge in [0.15, 0.2) is 11.6 Å². The second kappa shape index (κ2) is 18.5. The Hall–Kier alpha value is -6.52. The number of Topliss-reactive ketones (excluding diaryl/α,β-unsaturated/α-hetero) is 2. The molecule has 0 aliphatic carbocycles. The van der Waals surface area contributed by atoms with E-state index in [1.807, 2.05) is 12.1 Å². The SMILES string of the molecule is Cc1cc(C#N)cnc1C(=O)Cc1ccc(F)c([C@]2(CF)C[S@@]3(=O)=NCCC[C@]3(C)C(N)=N2)n1.Cc1cc(C#N)cnc1C(=O)Cc1ccc(F)c([C@]2(CF)C[S@]3(=O)=NCCC[C@@]3(C)C(N)=N2)n1. The van der Waals surface area contributed by atoms with E-state index in [2.05, 4.69) is 38.6 Å². The molecule has 0 amide bonds. The van der Waals surface area contributed by atoms with Crippen LogP contribution in [0.3, 0.4) is 0 Å². The van der Waals surface area contributed by atoms with Crippen molar-refractivity contribution in [2.24, 2.45) is 30.2 Å². The summed E-state index contributed by atoms with van der Waals surface area (Å²) in [6.45, 7) is 5.07. The normalized spacial score (nSPS) is 28.3. The number of carbonyl (C=O) groups is 2. The summed E-state index contributed by atoms with van der Waals surface area (Å²) in [5, 5.41) is 18.0. The molecule has 22 heteroatoms. The molecule has 0 saturated carbocycles. The lowest BCUT2D eigenvalue weighted by Gasteiger charge is -2.44. The molecule has 8 heterocycles. The molecule has 4 aromatic rings. The number of amidine groups is 2. The molecule has 0 unspecified atom stereocenters. The molecule has 16 nitrogen and oxygen atoms in total. The number of hydrogen-bond donors (Lipinski definition) is 2. The Morgan fingerprint density at radius 2 is 1.07 bits per heavy atom. The number of alkyl halides is 2. The van der Waals surface area contributed by atoms with Gasteiger partial charge < -0.3 is 11.5 Å². The zero-order valence-corrected chi connectivity index (χ0v) is 39.3. The number of ketones is 2. The Morgan fingerprint density at radius 3 is 1.41 bits per heavy atom. The lowest BCUT2D eigenvalue weighted by atomic mass is 9.95. The molecular formula is C46H48F4N12O4S2. The summed E-state index contributed by atoms with van der Waals surface area (Å²) in [4.78, 5) is 50.9. The van der Waals surface area contributed by atoms with Gasteiger partial charge in [0.2, 0.25) is 0 Å². The molecule has 8 rings (SSSR count). The Balaban J connectivity index is 0.000000201. The number of nitriles is 2. The number of aliphatic imine (C=N–C) groups is 2. The fourth-order valence-corrected chi connectivity index (χ4v) is 14.7. The molecule has 356 valence electrons. The van der Waals surface area contributed by atoms with Crippen molar-refractivity contribution >= 4 is 42.7 Å². The molecule has 0 bridgehead atoms. The first kappa shape index (κ1) is 49.4. The molecule has 0 radical (unpaired) electrons. The third-order valence-corrected chi connectivity index (χ3v) is 19.6. The Bertz CT molecular complexity index is 2970. The Kier molecular flexibility index (Phi) is 13.5. The molecule has 4 aliphatic heterocycles. The molecule has 4 aliphatic rings. The zero-order valence-electron chi connectivity index (χ0n) is 37.7. The van der Waals surface area contributed by atoms with E-state index >= 15 is 0 Å². The number of halogens is 4. The standard InChI is InChI=1S/2C23H24F2N6O2S/c2*1-14-8-15(10-26)11-28-19(14)18(32)9-16-4-5-17(25)20(30-16)23(12-24)13-34(33)22(2,21(27)31-23)6-3-7-29-34/h2*4-5,8,11H,3,6-7,9,12-13H2,1-2H3,(H2,27,31)/t22-,23+,34+;22-,23-,34+/m10/s1. The molecule has 68 heavy (non-hydrogen) atoms. The summed E-state index contributed by atoms with van der Waals surface area (Å²) in [5.74, 6) is -3.19. The average molecular weight is 973 g/mol. The van der Waals surface area contributed by atoms with Crippen LogP contribution in [0.4, 0.5) is 17.6 Å². The van der Waals surface area contributed by atoms with Gasteiger partial charge in [0.05, 0.1) is 54.9 Å². The van der Waals surface area contributed by atoms with E-state index in [1.54, 1.807) is 39.8 Å². The number of rotatable bonds is 10. The fourth-order valence-electron chi connectivity index (χ4n) is 8.94. The van der Waals surface area contributed by atoms with E-state index in [9.17, 15) is 35.6 Å². The molecule has 0 aromatic carbocycles. The number of nitrogens with zero attached hydrogens (tertiary/aromatic N) is 10. The number of aromatic nitrogens is 4. The van der Waals surface area contributed by atoms with E-state index in [1.165, 1.54) is 24.5 Å². The topological polar surface area (TPSA) is 269 Å². The van der Waals surface area contributed by atoms with Crippen LogP contribution >= 0.6 is 0 Å². The van der Waals surface area contributed by atoms with Crippen molar-refractivity contribution in [1.82, 2.24) is 19.9 Å². The lowest BCUT2D eigenvalue weighted by molar-refractivity contribution is 0.0978. The summed E-state index contributed by atoms with van der Waals surface area (Å²) in [7, 11) is -6.07. The van der Waals surface area contributed by atoms with E-state index in [-0.39, 0.29) is 70.2 Å². The highest BCUT2D eigenvalue weighted by Gasteiger charge is 2.55. The van der Waals surface area contributed by atoms with Crippen LogP contribution in [-0.4, -0.2) is 99.0 Å². The van der Waals surface area contributed by atoms with Gasteiger partial charge in [-0.2, -0.15) is 10.5 Å². The van der Waals surface area contributed by atoms with Crippen molar-refractivity contribution in [3.63, 3.8) is 0 Å². The largest absolute Gasteiger partial charge is 0.386 e. The van der Waals surface area contributed by atoms with Crippen molar-refractivity contribution in [3.8, 4) is 12.1 Å². The zero-order chi connectivity index (χ0) is 49.5. The molecule has 6 atom stereocenters. The van der Waals surface area contributed by atoms with E-state index < -0.39 is 76.6 Å². The van der Waals surface area contributed by atoms with Gasteiger partial charge >= 0.3 is 0 Å². The van der Waals surface area contributed by atoms with Crippen LogP contribution in [0.1, 0.15) is 106 Å². The van der Waals surface area contributed by atoms with Gasteiger partial charge in [-0.1, -0.05) is 0 Å². The number of pyridine rings is 4. The van der Waals surface area contributed by atoms with Gasteiger partial charge in [-0.3, -0.25) is 39.5 Å². The highest BCUT2D eigenvalue weighted by molar-refractivity contribution is 7.96. The van der Waals surface area contributed by atoms with Crippen LogP contribution in [0.15, 0.2) is 67.5 Å². The van der Waals surface area contributed by atoms with Gasteiger partial charge in [0.1, 0.15) is 92.1 Å². The summed E-state index contributed by atoms with van der Waals surface area (Å²) in [6.07, 6.45) is 4.48. The maximum atomic E-state index is 15.0. The summed E-state index contributed by atoms with van der Waals surface area (Å²) in [5.41, 5.74) is 10.3. The van der Waals surface area contributed by atoms with E-state index in [0.29, 0.717) is 61.0 Å². The number of carbonyl (C=O) groups excluding carboxylic acids is 2. The minimum Gasteiger partial charge on any atom is -0.386 e. The molecular weight excluding hydrogens is 925 g/mol. The van der Waals surface area contributed by atoms with Crippen molar-refractivity contribution < 1.29 is 35.6 Å². The number of fused-ring (bicyclic) bond motifs is 2. The fraction of sp³-hybridized carbons (Fsp3) is 0.435. The van der Waals surface area contributed by atoms with Crippen molar-refractivity contribution in [2.45, 2.75) is 86.8 Å². The Labute approximate surface area is 391 Å². The maximum absolute atomic E-state index is 15.0. The average Bonchev–Trinajstić information content (AvgIpc) is 3.31. The van der Waals surface area contributed by atoms with Gasteiger partial charge in [-0.05, 0) is 101 Å². The van der Waals surface area contributed by atoms with Crippen LogP contribution in [0.25, 0.3) is 0 Å². The van der Waals surface area contributed by atoms with Crippen LogP contribution in [0.2, 0.25) is 0 Å². The number of nitrogens with two attached hydrogens (primary N) is 2. The summed E-state index contributed by atoms with van der Waals surface area (Å²) in [6, 6.07) is 11.8. The molecule has 0 spiro atoms. The van der Waals surface area contributed by atoms with Crippen LogP contribution in [0.5, 0.6) is 0 Å². The smallest absolute Gasteiger partial charge is 0.187 e. The molecule has 0 fully saturated rings. The number of aryl methyl sites for hydroxylation is 2. The minimum absolute atomic E-state index is 0.0232.